The minimum absolute atomic E-state index is 0.0265. The number of rotatable bonds is 4. The third-order valence-corrected chi connectivity index (χ3v) is 5.61. The van der Waals surface area contributed by atoms with Crippen LogP contribution in [0.25, 0.3) is 16.7 Å². The molecule has 1 fully saturated rings. The number of fused-ring (bicyclic) bond motifs is 1. The summed E-state index contributed by atoms with van der Waals surface area (Å²) in [7, 11) is 1.57. The van der Waals surface area contributed by atoms with Gasteiger partial charge in [-0.2, -0.15) is 0 Å². The molecule has 0 amide bonds. The average Bonchev–Trinajstić information content (AvgIpc) is 3.27. The van der Waals surface area contributed by atoms with Crippen molar-refractivity contribution in [2.75, 3.05) is 13.7 Å². The number of hydrogen-bond donors (Lipinski definition) is 1. The van der Waals surface area contributed by atoms with E-state index in [-0.39, 0.29) is 23.4 Å². The van der Waals surface area contributed by atoms with Crippen LogP contribution in [0, 0.1) is 0 Å². The van der Waals surface area contributed by atoms with E-state index in [2.05, 4.69) is 45.0 Å². The number of aliphatic hydroxyl groups is 1. The topological polar surface area (TPSA) is 77.8 Å². The van der Waals surface area contributed by atoms with Crippen LogP contribution in [0.2, 0.25) is 0 Å². The van der Waals surface area contributed by atoms with Crippen LogP contribution in [0.4, 0.5) is 0 Å². The van der Waals surface area contributed by atoms with Gasteiger partial charge in [0.05, 0.1) is 12.7 Å². The normalized spacial score (nSPS) is 16.0. The lowest BCUT2D eigenvalue weighted by atomic mass is 9.87. The fourth-order valence-corrected chi connectivity index (χ4v) is 3.76. The molecule has 1 aliphatic rings. The van der Waals surface area contributed by atoms with Crippen LogP contribution in [0.1, 0.15) is 37.5 Å². The van der Waals surface area contributed by atoms with E-state index >= 15 is 0 Å². The summed E-state index contributed by atoms with van der Waals surface area (Å²) in [5.74, 6) is -1.36. The van der Waals surface area contributed by atoms with Gasteiger partial charge in [-0.3, -0.25) is 4.79 Å². The van der Waals surface area contributed by atoms with Crippen molar-refractivity contribution in [1.29, 1.82) is 0 Å². The Kier molecular flexibility index (Phi) is 5.09. The van der Waals surface area contributed by atoms with E-state index in [1.54, 1.807) is 13.3 Å². The number of benzene rings is 2. The number of cyclic esters (lactones) is 1. The van der Waals surface area contributed by atoms with Crippen LogP contribution in [-0.4, -0.2) is 35.1 Å². The number of Topliss-reactive ketones (excluding diaryl/α,β-unsaturated/α-hetero) is 1. The molecule has 0 unspecified atom stereocenters. The van der Waals surface area contributed by atoms with Crippen molar-refractivity contribution in [1.82, 2.24) is 4.57 Å². The summed E-state index contributed by atoms with van der Waals surface area (Å²) in [6.45, 7) is 6.89. The predicted octanol–water partition coefficient (Wildman–Crippen LogP) is 4.39. The van der Waals surface area contributed by atoms with Crippen LogP contribution in [-0.2, 0) is 26.3 Å². The lowest BCUT2D eigenvalue weighted by Gasteiger charge is -2.19. The molecule has 1 aromatic heterocycles. The van der Waals surface area contributed by atoms with Crippen molar-refractivity contribution in [3.05, 3.63) is 70.9 Å². The quantitative estimate of drug-likeness (QED) is 0.294. The van der Waals surface area contributed by atoms with Gasteiger partial charge in [-0.15, -0.1) is 0 Å². The lowest BCUT2D eigenvalue weighted by molar-refractivity contribution is -0.146. The summed E-state index contributed by atoms with van der Waals surface area (Å²) >= 11 is 0. The smallest absolute Gasteiger partial charge is 0.379 e. The summed E-state index contributed by atoms with van der Waals surface area (Å²) in [6.07, 6.45) is 1.79. The molecule has 4 rings (SSSR count). The van der Waals surface area contributed by atoms with Gasteiger partial charge in [0.25, 0.3) is 5.78 Å². The maximum absolute atomic E-state index is 12.1. The zero-order chi connectivity index (χ0) is 22.3. The van der Waals surface area contributed by atoms with Crippen molar-refractivity contribution in [3.63, 3.8) is 0 Å². The van der Waals surface area contributed by atoms with Crippen molar-refractivity contribution in [3.8, 4) is 5.75 Å². The Balaban J connectivity index is 1.79. The first kappa shape index (κ1) is 20.7. The van der Waals surface area contributed by atoms with Gasteiger partial charge in [-0.05, 0) is 34.7 Å². The molecule has 0 bridgehead atoms. The van der Waals surface area contributed by atoms with Gasteiger partial charge in [0.2, 0.25) is 0 Å². The number of carbonyl (C=O) groups excluding carboxylic acids is 2. The maximum Gasteiger partial charge on any atom is 0.379 e. The molecule has 1 N–H and O–H groups in total. The molecule has 3 aromatic rings. The van der Waals surface area contributed by atoms with Gasteiger partial charge >= 0.3 is 5.97 Å². The molecule has 0 aliphatic carbocycles. The molecular weight excluding hydrogens is 394 g/mol. The number of methoxy groups -OCH3 is 1. The highest BCUT2D eigenvalue weighted by Gasteiger charge is 2.33. The third-order valence-electron chi connectivity index (χ3n) is 5.61. The molecule has 0 saturated carbocycles. The summed E-state index contributed by atoms with van der Waals surface area (Å²) in [4.78, 5) is 23.6. The molecule has 1 saturated heterocycles. The third kappa shape index (κ3) is 3.81. The van der Waals surface area contributed by atoms with Crippen molar-refractivity contribution in [2.24, 2.45) is 0 Å². The molecule has 0 radical (unpaired) electrons. The predicted molar refractivity (Wildman–Crippen MR) is 118 cm³/mol. The highest BCUT2D eigenvalue weighted by Crippen LogP contribution is 2.33. The number of hydrogen-bond acceptors (Lipinski definition) is 5. The van der Waals surface area contributed by atoms with E-state index < -0.39 is 11.8 Å². The minimum Gasteiger partial charge on any atom is -0.507 e. The number of ketones is 1. The van der Waals surface area contributed by atoms with Gasteiger partial charge in [0.1, 0.15) is 18.1 Å². The second kappa shape index (κ2) is 7.61. The van der Waals surface area contributed by atoms with Crippen LogP contribution in [0.5, 0.6) is 5.75 Å². The molecule has 1 aliphatic heterocycles. The Morgan fingerprint density at radius 1 is 1.13 bits per heavy atom. The van der Waals surface area contributed by atoms with Crippen molar-refractivity contribution in [2.45, 2.75) is 32.7 Å². The van der Waals surface area contributed by atoms with Gasteiger partial charge in [0, 0.05) is 29.2 Å². The van der Waals surface area contributed by atoms with Crippen LogP contribution < -0.4 is 4.74 Å². The highest BCUT2D eigenvalue weighted by atomic mass is 16.5. The fourth-order valence-electron chi connectivity index (χ4n) is 3.76. The molecule has 2 heterocycles. The first-order valence-corrected chi connectivity index (χ1v) is 10.1. The fraction of sp³-hybridized carbons (Fsp3) is 0.280. The number of ether oxygens (including phenoxy) is 2. The molecule has 31 heavy (non-hydrogen) atoms. The lowest BCUT2D eigenvalue weighted by Crippen LogP contribution is -2.11. The number of nitrogens with zero attached hydrogens (tertiary/aromatic N) is 1. The number of esters is 1. The van der Waals surface area contributed by atoms with Crippen LogP contribution in [0.3, 0.4) is 0 Å². The van der Waals surface area contributed by atoms with E-state index in [9.17, 15) is 14.7 Å². The number of aliphatic hydroxyl groups excluding tert-OH is 1. The highest BCUT2D eigenvalue weighted by molar-refractivity contribution is 6.43. The standard InChI is InChI=1S/C25H25NO5/c1-25(2,3)16-7-5-15(6-8-16)12-26-13-19(18-11-17(30-4)9-10-21(18)26)22(27)20-14-31-24(29)23(20)28/h5-11,13,27H,12,14H2,1-4H3/b22-20-. The van der Waals surface area contributed by atoms with E-state index in [0.29, 0.717) is 17.9 Å². The molecular formula is C25H25NO5. The van der Waals surface area contributed by atoms with Gasteiger partial charge in [-0.1, -0.05) is 45.0 Å². The second-order valence-electron chi connectivity index (χ2n) is 8.73. The first-order chi connectivity index (χ1) is 14.7. The number of carbonyl (C=O) groups is 2. The number of aromatic nitrogens is 1. The van der Waals surface area contributed by atoms with Crippen LogP contribution in [0.15, 0.2) is 54.2 Å². The molecule has 2 aromatic carbocycles. The largest absolute Gasteiger partial charge is 0.507 e. The van der Waals surface area contributed by atoms with E-state index in [4.69, 9.17) is 9.47 Å². The maximum atomic E-state index is 12.1. The Bertz CT molecular complexity index is 1210. The average molecular weight is 419 g/mol. The zero-order valence-electron chi connectivity index (χ0n) is 18.1. The summed E-state index contributed by atoms with van der Waals surface area (Å²) in [5.41, 5.74) is 3.75. The minimum atomic E-state index is -0.943. The van der Waals surface area contributed by atoms with Crippen molar-refractivity contribution >= 4 is 28.4 Å². The van der Waals surface area contributed by atoms with Crippen molar-refractivity contribution < 1.29 is 24.2 Å². The van der Waals surface area contributed by atoms with E-state index in [0.717, 1.165) is 16.5 Å². The Morgan fingerprint density at radius 2 is 1.84 bits per heavy atom. The van der Waals surface area contributed by atoms with Gasteiger partial charge in [-0.25, -0.2) is 4.79 Å². The van der Waals surface area contributed by atoms with Gasteiger partial charge in [0.15, 0.2) is 0 Å². The second-order valence-corrected chi connectivity index (χ2v) is 8.73. The molecule has 6 nitrogen and oxygen atoms in total. The Morgan fingerprint density at radius 3 is 2.42 bits per heavy atom. The van der Waals surface area contributed by atoms with E-state index in [1.807, 2.05) is 22.8 Å². The Hall–Kier alpha value is -3.54. The zero-order valence-corrected chi connectivity index (χ0v) is 18.1. The van der Waals surface area contributed by atoms with Crippen LogP contribution >= 0.6 is 0 Å². The SMILES string of the molecule is COc1ccc2c(c1)c(/C(O)=C1\COC(=O)C1=O)cn2Cc1ccc(C(C)(C)C)cc1. The molecule has 160 valence electrons. The molecule has 0 atom stereocenters. The van der Waals surface area contributed by atoms with Gasteiger partial charge < -0.3 is 19.1 Å². The molecule has 6 heteroatoms. The summed E-state index contributed by atoms with van der Waals surface area (Å²) in [5, 5.41) is 11.6. The first-order valence-electron chi connectivity index (χ1n) is 10.1. The summed E-state index contributed by atoms with van der Waals surface area (Å²) in [6, 6.07) is 14.0. The molecule has 0 spiro atoms. The summed E-state index contributed by atoms with van der Waals surface area (Å²) < 4.78 is 12.1. The Labute approximate surface area is 180 Å². The van der Waals surface area contributed by atoms with E-state index in [1.165, 1.54) is 5.56 Å². The monoisotopic (exact) mass is 419 g/mol.